The third-order valence-electron chi connectivity index (χ3n) is 3.71. The van der Waals surface area contributed by atoms with Gasteiger partial charge in [-0.2, -0.15) is 0 Å². The van der Waals surface area contributed by atoms with Crippen molar-refractivity contribution in [2.75, 3.05) is 0 Å². The molecule has 3 rings (SSSR count). The standard InChI is InChI=1S/C18H14ClFN2O2/c1-10-5-6-15-11(7-10)8-12(17(23)22-15)9-21-18(24)16-13(19)3-2-4-14(16)20/h2-8H,9H2,1H3,(H,21,24)(H,22,23). The van der Waals surface area contributed by atoms with E-state index in [1.54, 1.807) is 6.07 Å². The maximum Gasteiger partial charge on any atom is 0.256 e. The Morgan fingerprint density at radius 3 is 2.79 bits per heavy atom. The lowest BCUT2D eigenvalue weighted by Crippen LogP contribution is -2.27. The number of hydrogen-bond acceptors (Lipinski definition) is 2. The number of carbonyl (C=O) groups is 1. The van der Waals surface area contributed by atoms with Gasteiger partial charge in [-0.15, -0.1) is 0 Å². The van der Waals surface area contributed by atoms with E-state index in [-0.39, 0.29) is 22.7 Å². The van der Waals surface area contributed by atoms with Gasteiger partial charge in [-0.05, 0) is 42.6 Å². The zero-order valence-electron chi connectivity index (χ0n) is 12.8. The van der Waals surface area contributed by atoms with Crippen LogP contribution in [0, 0.1) is 12.7 Å². The Morgan fingerprint density at radius 2 is 2.04 bits per heavy atom. The second-order valence-corrected chi connectivity index (χ2v) is 5.90. The van der Waals surface area contributed by atoms with Crippen molar-refractivity contribution in [1.82, 2.24) is 10.3 Å². The largest absolute Gasteiger partial charge is 0.348 e. The highest BCUT2D eigenvalue weighted by Gasteiger charge is 2.16. The third kappa shape index (κ3) is 3.16. The quantitative estimate of drug-likeness (QED) is 0.763. The van der Waals surface area contributed by atoms with Gasteiger partial charge in [0.25, 0.3) is 11.5 Å². The van der Waals surface area contributed by atoms with Crippen LogP contribution >= 0.6 is 11.6 Å². The number of fused-ring (bicyclic) bond motifs is 1. The van der Waals surface area contributed by atoms with Gasteiger partial charge >= 0.3 is 0 Å². The van der Waals surface area contributed by atoms with Gasteiger partial charge in [0.2, 0.25) is 0 Å². The first-order valence-electron chi connectivity index (χ1n) is 7.30. The van der Waals surface area contributed by atoms with E-state index in [4.69, 9.17) is 11.6 Å². The first-order valence-corrected chi connectivity index (χ1v) is 7.68. The molecule has 0 fully saturated rings. The lowest BCUT2D eigenvalue weighted by Gasteiger charge is -2.08. The summed E-state index contributed by atoms with van der Waals surface area (Å²) in [5, 5.41) is 3.42. The number of pyridine rings is 1. The number of nitrogens with one attached hydrogen (secondary N) is 2. The average Bonchev–Trinajstić information content (AvgIpc) is 2.53. The Bertz CT molecular complexity index is 978. The Morgan fingerprint density at radius 1 is 1.25 bits per heavy atom. The molecule has 6 heteroatoms. The second kappa shape index (κ2) is 6.45. The predicted molar refractivity (Wildman–Crippen MR) is 91.9 cm³/mol. The van der Waals surface area contributed by atoms with E-state index in [0.717, 1.165) is 22.5 Å². The fourth-order valence-corrected chi connectivity index (χ4v) is 2.73. The number of halogens is 2. The summed E-state index contributed by atoms with van der Waals surface area (Å²) in [6, 6.07) is 11.4. The van der Waals surface area contributed by atoms with Gasteiger partial charge in [-0.3, -0.25) is 9.59 Å². The van der Waals surface area contributed by atoms with Crippen LogP contribution in [0.15, 0.2) is 47.3 Å². The maximum atomic E-state index is 13.7. The van der Waals surface area contributed by atoms with Crippen LogP contribution in [0.4, 0.5) is 4.39 Å². The smallest absolute Gasteiger partial charge is 0.256 e. The fraction of sp³-hybridized carbons (Fsp3) is 0.111. The minimum Gasteiger partial charge on any atom is -0.348 e. The molecule has 1 amide bonds. The summed E-state index contributed by atoms with van der Waals surface area (Å²) in [4.78, 5) is 27.0. The number of benzene rings is 2. The van der Waals surface area contributed by atoms with Crippen molar-refractivity contribution in [2.45, 2.75) is 13.5 Å². The molecule has 0 radical (unpaired) electrons. The summed E-state index contributed by atoms with van der Waals surface area (Å²) in [5.41, 5.74) is 1.63. The Kier molecular flexibility index (Phi) is 4.36. The minimum atomic E-state index is -0.706. The van der Waals surface area contributed by atoms with Crippen LogP contribution in [0.25, 0.3) is 10.9 Å². The van der Waals surface area contributed by atoms with Crippen molar-refractivity contribution in [3.8, 4) is 0 Å². The Balaban J connectivity index is 1.86. The van der Waals surface area contributed by atoms with Gasteiger partial charge in [0.15, 0.2) is 0 Å². The number of hydrogen-bond donors (Lipinski definition) is 2. The number of carbonyl (C=O) groups excluding carboxylic acids is 1. The van der Waals surface area contributed by atoms with Crippen molar-refractivity contribution in [1.29, 1.82) is 0 Å². The highest BCUT2D eigenvalue weighted by Crippen LogP contribution is 2.19. The van der Waals surface area contributed by atoms with Crippen LogP contribution in [0.5, 0.6) is 0 Å². The van der Waals surface area contributed by atoms with Crippen LogP contribution in [-0.4, -0.2) is 10.9 Å². The van der Waals surface area contributed by atoms with E-state index in [1.165, 1.54) is 12.1 Å². The molecular weight excluding hydrogens is 331 g/mol. The molecule has 24 heavy (non-hydrogen) atoms. The monoisotopic (exact) mass is 344 g/mol. The number of aromatic nitrogens is 1. The van der Waals surface area contributed by atoms with E-state index in [9.17, 15) is 14.0 Å². The minimum absolute atomic E-state index is 0.0237. The first kappa shape index (κ1) is 16.2. The fourth-order valence-electron chi connectivity index (χ4n) is 2.48. The van der Waals surface area contributed by atoms with E-state index >= 15 is 0 Å². The summed E-state index contributed by atoms with van der Waals surface area (Å²) in [7, 11) is 0. The lowest BCUT2D eigenvalue weighted by molar-refractivity contribution is 0.0947. The van der Waals surface area contributed by atoms with Crippen molar-refractivity contribution < 1.29 is 9.18 Å². The van der Waals surface area contributed by atoms with Crippen LogP contribution < -0.4 is 10.9 Å². The van der Waals surface area contributed by atoms with E-state index < -0.39 is 11.7 Å². The molecule has 0 bridgehead atoms. The average molecular weight is 345 g/mol. The topological polar surface area (TPSA) is 62.0 Å². The Labute approximate surface area is 142 Å². The van der Waals surface area contributed by atoms with Gasteiger partial charge in [0.1, 0.15) is 5.82 Å². The highest BCUT2D eigenvalue weighted by atomic mass is 35.5. The summed E-state index contributed by atoms with van der Waals surface area (Å²) >= 11 is 5.86. The first-order chi connectivity index (χ1) is 11.5. The summed E-state index contributed by atoms with van der Waals surface area (Å²) in [6.45, 7) is 1.93. The van der Waals surface area contributed by atoms with Gasteiger partial charge in [-0.25, -0.2) is 4.39 Å². The second-order valence-electron chi connectivity index (χ2n) is 5.49. The van der Waals surface area contributed by atoms with Crippen molar-refractivity contribution in [2.24, 2.45) is 0 Å². The number of aryl methyl sites for hydroxylation is 1. The van der Waals surface area contributed by atoms with Gasteiger partial charge in [0, 0.05) is 17.6 Å². The van der Waals surface area contributed by atoms with Crippen molar-refractivity contribution in [3.63, 3.8) is 0 Å². The number of H-pyrrole nitrogens is 1. The molecule has 1 aromatic heterocycles. The van der Waals surface area contributed by atoms with Crippen LogP contribution in [-0.2, 0) is 6.54 Å². The number of amides is 1. The molecule has 3 aromatic rings. The summed E-state index contributed by atoms with van der Waals surface area (Å²) in [5.74, 6) is -1.37. The van der Waals surface area contributed by atoms with Crippen molar-refractivity contribution >= 4 is 28.4 Å². The molecule has 0 spiro atoms. The number of aromatic amines is 1. The van der Waals surface area contributed by atoms with Crippen LogP contribution in [0.2, 0.25) is 5.02 Å². The van der Waals surface area contributed by atoms with E-state index in [2.05, 4.69) is 10.3 Å². The molecule has 0 saturated heterocycles. The molecule has 0 aliphatic heterocycles. The molecule has 0 saturated carbocycles. The molecule has 2 aromatic carbocycles. The zero-order valence-corrected chi connectivity index (χ0v) is 13.6. The number of rotatable bonds is 3. The maximum absolute atomic E-state index is 13.7. The van der Waals surface area contributed by atoms with E-state index in [1.807, 2.05) is 25.1 Å². The predicted octanol–water partition coefficient (Wildman–Crippen LogP) is 3.56. The summed E-state index contributed by atoms with van der Waals surface area (Å²) < 4.78 is 13.7. The molecule has 0 aliphatic carbocycles. The molecule has 0 atom stereocenters. The normalized spacial score (nSPS) is 10.8. The van der Waals surface area contributed by atoms with Gasteiger partial charge < -0.3 is 10.3 Å². The Hall–Kier alpha value is -2.66. The molecule has 2 N–H and O–H groups in total. The van der Waals surface area contributed by atoms with Gasteiger partial charge in [-0.1, -0.05) is 29.3 Å². The lowest BCUT2D eigenvalue weighted by atomic mass is 10.1. The summed E-state index contributed by atoms with van der Waals surface area (Å²) in [6.07, 6.45) is 0. The van der Waals surface area contributed by atoms with E-state index in [0.29, 0.717) is 5.56 Å². The molecule has 0 unspecified atom stereocenters. The molecule has 1 heterocycles. The molecule has 0 aliphatic rings. The SMILES string of the molecule is Cc1ccc2[nH]c(=O)c(CNC(=O)c3c(F)cccc3Cl)cc2c1. The molecule has 122 valence electrons. The van der Waals surface area contributed by atoms with Crippen LogP contribution in [0.3, 0.4) is 0 Å². The zero-order chi connectivity index (χ0) is 17.3. The molecular formula is C18H14ClFN2O2. The third-order valence-corrected chi connectivity index (χ3v) is 4.02. The van der Waals surface area contributed by atoms with Crippen molar-refractivity contribution in [3.05, 3.63) is 80.3 Å². The highest BCUT2D eigenvalue weighted by molar-refractivity contribution is 6.33. The molecule has 4 nitrogen and oxygen atoms in total. The van der Waals surface area contributed by atoms with Gasteiger partial charge in [0.05, 0.1) is 10.6 Å². The van der Waals surface area contributed by atoms with Crippen LogP contribution in [0.1, 0.15) is 21.5 Å².